The summed E-state index contributed by atoms with van der Waals surface area (Å²) in [5, 5.41) is 3.32. The van der Waals surface area contributed by atoms with Gasteiger partial charge in [-0.15, -0.1) is 0 Å². The number of nitrogens with two attached hydrogens (primary N) is 1. The number of nitrogens with zero attached hydrogens (tertiary/aromatic N) is 1. The normalized spacial score (nSPS) is 19.9. The highest BCUT2D eigenvalue weighted by molar-refractivity contribution is 5.65. The highest BCUT2D eigenvalue weighted by atomic mass is 15.2. The Labute approximate surface area is 84.9 Å². The smallest absolute Gasteiger partial charge is 0.0516 e. The third kappa shape index (κ3) is 1.34. The van der Waals surface area contributed by atoms with Crippen molar-refractivity contribution in [3.63, 3.8) is 0 Å². The summed E-state index contributed by atoms with van der Waals surface area (Å²) in [6.07, 6.45) is 0. The molecule has 14 heavy (non-hydrogen) atoms. The molecule has 3 N–H and O–H groups in total. The fourth-order valence-corrected chi connectivity index (χ4v) is 2.09. The van der Waals surface area contributed by atoms with E-state index in [1.165, 1.54) is 11.3 Å². The molecule has 0 saturated heterocycles. The average molecular weight is 191 g/mol. The molecule has 1 aromatic rings. The van der Waals surface area contributed by atoms with Crippen LogP contribution in [0.15, 0.2) is 18.2 Å². The lowest BCUT2D eigenvalue weighted by atomic mass is 10.1. The van der Waals surface area contributed by atoms with Crippen LogP contribution in [-0.4, -0.2) is 20.1 Å². The van der Waals surface area contributed by atoms with Gasteiger partial charge in [-0.2, -0.15) is 0 Å². The molecule has 3 heteroatoms. The Balaban J connectivity index is 2.42. The number of anilines is 2. The van der Waals surface area contributed by atoms with Crippen molar-refractivity contribution in [3.8, 4) is 0 Å². The molecule has 2 rings (SSSR count). The predicted octanol–water partition coefficient (Wildman–Crippen LogP) is 1.37. The minimum absolute atomic E-state index is 0.450. The van der Waals surface area contributed by atoms with E-state index in [4.69, 9.17) is 5.73 Å². The van der Waals surface area contributed by atoms with Crippen LogP contribution in [0.1, 0.15) is 18.5 Å². The SMILES string of the molecule is CCN1CC(NC)c2ccc(N)cc21. The molecule has 1 unspecified atom stereocenters. The van der Waals surface area contributed by atoms with E-state index < -0.39 is 0 Å². The summed E-state index contributed by atoms with van der Waals surface area (Å²) in [6, 6.07) is 6.62. The van der Waals surface area contributed by atoms with Gasteiger partial charge in [0.25, 0.3) is 0 Å². The Morgan fingerprint density at radius 2 is 2.36 bits per heavy atom. The van der Waals surface area contributed by atoms with Crippen LogP contribution in [0.25, 0.3) is 0 Å². The van der Waals surface area contributed by atoms with Gasteiger partial charge in [0.2, 0.25) is 0 Å². The first-order valence-electron chi connectivity index (χ1n) is 5.08. The third-order valence-corrected chi connectivity index (χ3v) is 2.90. The van der Waals surface area contributed by atoms with Gasteiger partial charge in [-0.05, 0) is 31.7 Å². The summed E-state index contributed by atoms with van der Waals surface area (Å²) < 4.78 is 0. The van der Waals surface area contributed by atoms with Crippen LogP contribution in [0.3, 0.4) is 0 Å². The van der Waals surface area contributed by atoms with Crippen molar-refractivity contribution in [3.05, 3.63) is 23.8 Å². The quantitative estimate of drug-likeness (QED) is 0.694. The van der Waals surface area contributed by atoms with Crippen molar-refractivity contribution in [2.45, 2.75) is 13.0 Å². The highest BCUT2D eigenvalue weighted by Gasteiger charge is 2.26. The Morgan fingerprint density at radius 1 is 1.57 bits per heavy atom. The van der Waals surface area contributed by atoms with Gasteiger partial charge < -0.3 is 16.0 Å². The molecule has 0 amide bonds. The summed E-state index contributed by atoms with van der Waals surface area (Å²) in [4.78, 5) is 2.35. The van der Waals surface area contributed by atoms with Crippen LogP contribution < -0.4 is 16.0 Å². The summed E-state index contributed by atoms with van der Waals surface area (Å²) in [6.45, 7) is 4.26. The van der Waals surface area contributed by atoms with E-state index in [1.807, 2.05) is 13.1 Å². The number of hydrogen-bond acceptors (Lipinski definition) is 3. The number of likely N-dealkylation sites (N-methyl/N-ethyl adjacent to an activating group) is 2. The Kier molecular flexibility index (Phi) is 2.33. The summed E-state index contributed by atoms with van der Waals surface area (Å²) in [5.41, 5.74) is 9.28. The van der Waals surface area contributed by atoms with Crippen LogP contribution >= 0.6 is 0 Å². The molecule has 0 fully saturated rings. The fraction of sp³-hybridized carbons (Fsp3) is 0.455. The van der Waals surface area contributed by atoms with Crippen LogP contribution in [0.2, 0.25) is 0 Å². The first-order valence-corrected chi connectivity index (χ1v) is 5.08. The van der Waals surface area contributed by atoms with Gasteiger partial charge in [-0.3, -0.25) is 0 Å². The van der Waals surface area contributed by atoms with Crippen molar-refractivity contribution < 1.29 is 0 Å². The van der Waals surface area contributed by atoms with Crippen molar-refractivity contribution in [2.24, 2.45) is 0 Å². The molecular weight excluding hydrogens is 174 g/mol. The van der Waals surface area contributed by atoms with Crippen molar-refractivity contribution in [2.75, 3.05) is 30.8 Å². The number of rotatable bonds is 2. The van der Waals surface area contributed by atoms with Gasteiger partial charge in [-0.25, -0.2) is 0 Å². The van der Waals surface area contributed by atoms with Crippen LogP contribution in [0, 0.1) is 0 Å². The van der Waals surface area contributed by atoms with E-state index in [2.05, 4.69) is 29.3 Å². The average Bonchev–Trinajstić information content (AvgIpc) is 2.55. The Bertz CT molecular complexity index is 335. The molecule has 3 nitrogen and oxygen atoms in total. The van der Waals surface area contributed by atoms with E-state index in [0.717, 1.165) is 18.8 Å². The van der Waals surface area contributed by atoms with Crippen LogP contribution in [-0.2, 0) is 0 Å². The maximum atomic E-state index is 5.79. The molecule has 1 aromatic carbocycles. The molecule has 1 aliphatic rings. The van der Waals surface area contributed by atoms with E-state index in [9.17, 15) is 0 Å². The number of nitrogens with one attached hydrogen (secondary N) is 1. The third-order valence-electron chi connectivity index (χ3n) is 2.90. The van der Waals surface area contributed by atoms with Crippen molar-refractivity contribution >= 4 is 11.4 Å². The van der Waals surface area contributed by atoms with Crippen LogP contribution in [0.5, 0.6) is 0 Å². The van der Waals surface area contributed by atoms with Gasteiger partial charge in [0.1, 0.15) is 0 Å². The Morgan fingerprint density at radius 3 is 3.00 bits per heavy atom. The predicted molar refractivity (Wildman–Crippen MR) is 60.5 cm³/mol. The number of hydrogen-bond donors (Lipinski definition) is 2. The molecule has 0 saturated carbocycles. The van der Waals surface area contributed by atoms with E-state index in [0.29, 0.717) is 6.04 Å². The summed E-state index contributed by atoms with van der Waals surface area (Å²) in [7, 11) is 2.00. The zero-order valence-corrected chi connectivity index (χ0v) is 8.75. The second kappa shape index (κ2) is 3.50. The fourth-order valence-electron chi connectivity index (χ4n) is 2.09. The molecule has 0 radical (unpaired) electrons. The van der Waals surface area contributed by atoms with Gasteiger partial charge in [0.15, 0.2) is 0 Å². The minimum Gasteiger partial charge on any atom is -0.399 e. The van der Waals surface area contributed by atoms with E-state index >= 15 is 0 Å². The zero-order chi connectivity index (χ0) is 10.1. The van der Waals surface area contributed by atoms with Gasteiger partial charge in [0, 0.05) is 24.5 Å². The van der Waals surface area contributed by atoms with E-state index in [1.54, 1.807) is 0 Å². The maximum Gasteiger partial charge on any atom is 0.0516 e. The highest BCUT2D eigenvalue weighted by Crippen LogP contribution is 2.35. The number of fused-ring (bicyclic) bond motifs is 1. The first-order chi connectivity index (χ1) is 6.76. The molecule has 0 aliphatic carbocycles. The molecule has 1 heterocycles. The molecule has 1 aliphatic heterocycles. The zero-order valence-electron chi connectivity index (χ0n) is 8.75. The van der Waals surface area contributed by atoms with Crippen molar-refractivity contribution in [1.82, 2.24) is 5.32 Å². The number of benzene rings is 1. The monoisotopic (exact) mass is 191 g/mol. The van der Waals surface area contributed by atoms with Crippen molar-refractivity contribution in [1.29, 1.82) is 0 Å². The molecule has 0 bridgehead atoms. The molecule has 76 valence electrons. The van der Waals surface area contributed by atoms with Gasteiger partial charge in [-0.1, -0.05) is 6.07 Å². The number of nitrogen functional groups attached to an aromatic ring is 1. The minimum atomic E-state index is 0.450. The second-order valence-electron chi connectivity index (χ2n) is 3.70. The lowest BCUT2D eigenvalue weighted by molar-refractivity contribution is 0.616. The largest absolute Gasteiger partial charge is 0.399 e. The van der Waals surface area contributed by atoms with Gasteiger partial charge in [0.05, 0.1) is 6.04 Å². The molecular formula is C11H17N3. The first kappa shape index (κ1) is 9.34. The summed E-state index contributed by atoms with van der Waals surface area (Å²) in [5.74, 6) is 0. The topological polar surface area (TPSA) is 41.3 Å². The lowest BCUT2D eigenvalue weighted by Gasteiger charge is -2.17. The lowest BCUT2D eigenvalue weighted by Crippen LogP contribution is -2.25. The van der Waals surface area contributed by atoms with E-state index in [-0.39, 0.29) is 0 Å². The van der Waals surface area contributed by atoms with Crippen LogP contribution in [0.4, 0.5) is 11.4 Å². The second-order valence-corrected chi connectivity index (χ2v) is 3.70. The maximum absolute atomic E-state index is 5.79. The summed E-state index contributed by atoms with van der Waals surface area (Å²) >= 11 is 0. The molecule has 1 atom stereocenters. The molecule has 0 spiro atoms. The standard InChI is InChI=1S/C11H17N3/c1-3-14-7-10(13-2)9-5-4-8(12)6-11(9)14/h4-6,10,13H,3,7,12H2,1-2H3. The van der Waals surface area contributed by atoms with Gasteiger partial charge >= 0.3 is 0 Å². The Hall–Kier alpha value is -1.22. The molecule has 0 aromatic heterocycles.